The van der Waals surface area contributed by atoms with Gasteiger partial charge in [-0.2, -0.15) is 10.5 Å². The average Bonchev–Trinajstić information content (AvgIpc) is 2.19. The van der Waals surface area contributed by atoms with Crippen LogP contribution >= 0.6 is 0 Å². The summed E-state index contributed by atoms with van der Waals surface area (Å²) in [5.74, 6) is -1.13. The first-order chi connectivity index (χ1) is 6.28. The van der Waals surface area contributed by atoms with Crippen molar-refractivity contribution in [2.45, 2.75) is 0 Å². The fourth-order valence-corrected chi connectivity index (χ4v) is 0.567. The molecule has 0 spiro atoms. The van der Waals surface area contributed by atoms with Gasteiger partial charge in [0.15, 0.2) is 0 Å². The number of nitrogens with zero attached hydrogens (tertiary/aromatic N) is 2. The summed E-state index contributed by atoms with van der Waals surface area (Å²) in [6, 6.07) is 3.71. The molecule has 0 aliphatic carbocycles. The Bertz CT molecular complexity index is 224. The summed E-state index contributed by atoms with van der Waals surface area (Å²) in [7, 11) is 0. The quantitative estimate of drug-likeness (QED) is 0.581. The van der Waals surface area contributed by atoms with Crippen molar-refractivity contribution >= 4 is 12.4 Å². The molecule has 5 heteroatoms. The van der Waals surface area contributed by atoms with Gasteiger partial charge in [-0.05, 0) is 0 Å². The normalized spacial score (nSPS) is 13.4. The van der Waals surface area contributed by atoms with Crippen LogP contribution in [-0.2, 0) is 4.74 Å². The van der Waals surface area contributed by atoms with E-state index >= 15 is 0 Å². The zero-order valence-corrected chi connectivity index (χ0v) is 7.03. The highest BCUT2D eigenvalue weighted by Crippen LogP contribution is 1.95. The van der Waals surface area contributed by atoms with Crippen LogP contribution < -0.4 is 0 Å². The van der Waals surface area contributed by atoms with Crippen LogP contribution in [0.15, 0.2) is 0 Å². The van der Waals surface area contributed by atoms with E-state index in [1.165, 1.54) is 0 Å². The molecule has 2 unspecified atom stereocenters. The molecule has 0 radical (unpaired) electrons. The van der Waals surface area contributed by atoms with Crippen LogP contribution in [-0.4, -0.2) is 25.6 Å². The smallest absolute Gasteiger partial charge is 0.104 e. The first-order valence-electron chi connectivity index (χ1n) is 3.66. The fraction of sp³-hybridized carbons (Fsp3) is 0.500. The SMILES string of the molecule is N#CC(C=N)COCC(C#N)C=N. The van der Waals surface area contributed by atoms with Crippen molar-refractivity contribution in [2.24, 2.45) is 11.8 Å². The summed E-state index contributed by atoms with van der Waals surface area (Å²) < 4.78 is 4.97. The van der Waals surface area contributed by atoms with E-state index in [0.29, 0.717) is 0 Å². The van der Waals surface area contributed by atoms with Gasteiger partial charge in [-0.3, -0.25) is 0 Å². The van der Waals surface area contributed by atoms with Gasteiger partial charge in [0.2, 0.25) is 0 Å². The van der Waals surface area contributed by atoms with E-state index in [-0.39, 0.29) is 13.2 Å². The maximum absolute atomic E-state index is 8.41. The Kier molecular flexibility index (Phi) is 6.04. The second-order valence-corrected chi connectivity index (χ2v) is 2.34. The number of nitrogens with one attached hydrogen (secondary N) is 2. The molecule has 0 amide bonds. The molecule has 68 valence electrons. The molecular weight excluding hydrogens is 168 g/mol. The van der Waals surface area contributed by atoms with Crippen molar-refractivity contribution in [3.8, 4) is 12.1 Å². The van der Waals surface area contributed by atoms with E-state index in [1.54, 1.807) is 0 Å². The van der Waals surface area contributed by atoms with Crippen LogP contribution in [0.1, 0.15) is 0 Å². The molecule has 0 bridgehead atoms. The topological polar surface area (TPSA) is 105 Å². The number of ether oxygens (including phenoxy) is 1. The van der Waals surface area contributed by atoms with E-state index in [1.807, 2.05) is 12.1 Å². The summed E-state index contributed by atoms with van der Waals surface area (Å²) in [6.07, 6.45) is 1.98. The number of nitriles is 2. The predicted molar refractivity (Wildman–Crippen MR) is 46.6 cm³/mol. The van der Waals surface area contributed by atoms with E-state index in [4.69, 9.17) is 26.1 Å². The number of rotatable bonds is 6. The third kappa shape index (κ3) is 4.67. The van der Waals surface area contributed by atoms with Crippen molar-refractivity contribution in [1.82, 2.24) is 0 Å². The second-order valence-electron chi connectivity index (χ2n) is 2.34. The molecule has 0 fully saturated rings. The van der Waals surface area contributed by atoms with Gasteiger partial charge in [-0.25, -0.2) is 0 Å². The Balaban J connectivity index is 3.68. The Morgan fingerprint density at radius 3 is 1.69 bits per heavy atom. The standard InChI is InChI=1S/C8H10N4O/c9-1-7(2-10)5-13-6-8(3-11)4-12/h1,3,7-9,11H,5-6H2. The molecule has 2 atom stereocenters. The highest BCUT2D eigenvalue weighted by Gasteiger charge is 2.06. The average molecular weight is 178 g/mol. The molecule has 0 aliphatic heterocycles. The molecule has 0 aromatic carbocycles. The van der Waals surface area contributed by atoms with Gasteiger partial charge in [0.25, 0.3) is 0 Å². The zero-order valence-electron chi connectivity index (χ0n) is 7.03. The monoisotopic (exact) mass is 178 g/mol. The van der Waals surface area contributed by atoms with Crippen molar-refractivity contribution in [1.29, 1.82) is 21.3 Å². The summed E-state index contributed by atoms with van der Waals surface area (Å²) in [6.45, 7) is 0.206. The van der Waals surface area contributed by atoms with Crippen molar-refractivity contribution in [3.05, 3.63) is 0 Å². The minimum Gasteiger partial charge on any atom is -0.378 e. The highest BCUT2D eigenvalue weighted by molar-refractivity contribution is 5.61. The third-order valence-corrected chi connectivity index (χ3v) is 1.33. The number of hydrogen-bond acceptors (Lipinski definition) is 5. The van der Waals surface area contributed by atoms with Crippen LogP contribution in [0, 0.1) is 45.3 Å². The molecule has 0 aromatic rings. The largest absolute Gasteiger partial charge is 0.378 e. The fourth-order valence-electron chi connectivity index (χ4n) is 0.567. The Morgan fingerprint density at radius 2 is 1.46 bits per heavy atom. The molecule has 13 heavy (non-hydrogen) atoms. The molecule has 0 rings (SSSR count). The van der Waals surface area contributed by atoms with Crippen molar-refractivity contribution in [3.63, 3.8) is 0 Å². The third-order valence-electron chi connectivity index (χ3n) is 1.33. The molecule has 0 heterocycles. The Morgan fingerprint density at radius 1 is 1.08 bits per heavy atom. The van der Waals surface area contributed by atoms with E-state index in [2.05, 4.69) is 0 Å². The molecule has 0 aliphatic rings. The lowest BCUT2D eigenvalue weighted by Crippen LogP contribution is -2.14. The molecule has 0 aromatic heterocycles. The van der Waals surface area contributed by atoms with Gasteiger partial charge in [-0.15, -0.1) is 0 Å². The van der Waals surface area contributed by atoms with Crippen LogP contribution in [0.4, 0.5) is 0 Å². The van der Waals surface area contributed by atoms with Gasteiger partial charge >= 0.3 is 0 Å². The number of hydrogen-bond donors (Lipinski definition) is 2. The van der Waals surface area contributed by atoms with Crippen LogP contribution in [0.25, 0.3) is 0 Å². The van der Waals surface area contributed by atoms with E-state index in [9.17, 15) is 0 Å². The lowest BCUT2D eigenvalue weighted by molar-refractivity contribution is 0.123. The van der Waals surface area contributed by atoms with E-state index < -0.39 is 11.8 Å². The lowest BCUT2D eigenvalue weighted by atomic mass is 10.2. The summed E-state index contributed by atoms with van der Waals surface area (Å²) >= 11 is 0. The van der Waals surface area contributed by atoms with Gasteiger partial charge in [0, 0.05) is 12.4 Å². The van der Waals surface area contributed by atoms with Gasteiger partial charge < -0.3 is 15.6 Å². The summed E-state index contributed by atoms with van der Waals surface area (Å²) in [4.78, 5) is 0. The van der Waals surface area contributed by atoms with E-state index in [0.717, 1.165) is 12.4 Å². The zero-order chi connectivity index (χ0) is 10.1. The molecule has 0 saturated carbocycles. The molecule has 0 saturated heterocycles. The van der Waals surface area contributed by atoms with Gasteiger partial charge in [-0.1, -0.05) is 0 Å². The predicted octanol–water partition coefficient (Wildman–Crippen LogP) is 0.582. The lowest BCUT2D eigenvalue weighted by Gasteiger charge is -2.05. The first-order valence-corrected chi connectivity index (χ1v) is 3.66. The molecule has 2 N–H and O–H groups in total. The molecule has 5 nitrogen and oxygen atoms in total. The first kappa shape index (κ1) is 11.3. The maximum atomic E-state index is 8.41. The Hall–Kier alpha value is -1.72. The maximum Gasteiger partial charge on any atom is 0.104 e. The van der Waals surface area contributed by atoms with Crippen molar-refractivity contribution < 1.29 is 4.74 Å². The molecular formula is C8H10N4O. The van der Waals surface area contributed by atoms with Crippen LogP contribution in [0.3, 0.4) is 0 Å². The minimum absolute atomic E-state index is 0.103. The van der Waals surface area contributed by atoms with Gasteiger partial charge in [0.1, 0.15) is 11.8 Å². The second kappa shape index (κ2) is 6.96. The van der Waals surface area contributed by atoms with Crippen LogP contribution in [0.2, 0.25) is 0 Å². The van der Waals surface area contributed by atoms with Crippen molar-refractivity contribution in [2.75, 3.05) is 13.2 Å². The van der Waals surface area contributed by atoms with Crippen LogP contribution in [0.5, 0.6) is 0 Å². The highest BCUT2D eigenvalue weighted by atomic mass is 16.5. The minimum atomic E-state index is -0.565. The summed E-state index contributed by atoms with van der Waals surface area (Å²) in [5.41, 5.74) is 0. The van der Waals surface area contributed by atoms with Gasteiger partial charge in [0.05, 0.1) is 25.4 Å². The summed E-state index contributed by atoms with van der Waals surface area (Å²) in [5, 5.41) is 30.4. The Labute approximate surface area is 76.6 Å².